The molecule has 1 aromatic carbocycles. The van der Waals surface area contributed by atoms with Gasteiger partial charge in [0, 0.05) is 11.8 Å². The van der Waals surface area contributed by atoms with Crippen molar-refractivity contribution in [1.29, 1.82) is 0 Å². The van der Waals surface area contributed by atoms with E-state index < -0.39 is 23.4 Å². The molecule has 1 N–H and O–H groups in total. The molecule has 6 nitrogen and oxygen atoms in total. The molecular formula is C19H17F3N4O2. The topological polar surface area (TPSA) is 71.2 Å². The minimum absolute atomic E-state index is 0.0313. The van der Waals surface area contributed by atoms with Crippen LogP contribution in [0.2, 0.25) is 0 Å². The van der Waals surface area contributed by atoms with Crippen molar-refractivity contribution in [2.45, 2.75) is 25.5 Å². The number of halogens is 3. The maximum Gasteiger partial charge on any atom is 0.266 e. The van der Waals surface area contributed by atoms with E-state index in [9.17, 15) is 23.1 Å². The predicted octanol–water partition coefficient (Wildman–Crippen LogP) is 2.77. The molecule has 0 radical (unpaired) electrons. The van der Waals surface area contributed by atoms with Crippen LogP contribution in [0, 0.1) is 5.82 Å². The third-order valence-corrected chi connectivity index (χ3v) is 4.76. The van der Waals surface area contributed by atoms with E-state index in [0.29, 0.717) is 22.2 Å². The van der Waals surface area contributed by atoms with Crippen LogP contribution in [0.25, 0.3) is 22.2 Å². The van der Waals surface area contributed by atoms with E-state index in [4.69, 9.17) is 0 Å². The number of rotatable bonds is 4. The minimum Gasteiger partial charge on any atom is -0.386 e. The largest absolute Gasteiger partial charge is 0.386 e. The zero-order chi connectivity index (χ0) is 20.1. The Hall–Kier alpha value is -2.94. The van der Waals surface area contributed by atoms with Crippen LogP contribution < -0.4 is 0 Å². The van der Waals surface area contributed by atoms with E-state index in [2.05, 4.69) is 10.1 Å². The molecule has 0 aliphatic carbocycles. The molecule has 3 heterocycles. The number of carbonyl (C=O) groups excluding carboxylic acids is 1. The molecule has 9 heteroatoms. The fraction of sp³-hybridized carbons (Fsp3) is 0.316. The molecule has 3 aromatic rings. The van der Waals surface area contributed by atoms with Gasteiger partial charge in [-0.1, -0.05) is 6.07 Å². The molecule has 146 valence electrons. The van der Waals surface area contributed by atoms with Crippen molar-refractivity contribution in [3.63, 3.8) is 0 Å². The maximum atomic E-state index is 13.5. The van der Waals surface area contributed by atoms with Gasteiger partial charge >= 0.3 is 0 Å². The van der Waals surface area contributed by atoms with E-state index in [1.807, 2.05) is 0 Å². The Morgan fingerprint density at radius 3 is 2.68 bits per heavy atom. The molecule has 0 atom stereocenters. The second-order valence-corrected chi connectivity index (χ2v) is 7.21. The van der Waals surface area contributed by atoms with Gasteiger partial charge in [-0.05, 0) is 30.7 Å². The van der Waals surface area contributed by atoms with Gasteiger partial charge in [-0.15, -0.1) is 0 Å². The lowest BCUT2D eigenvalue weighted by Gasteiger charge is -2.44. The van der Waals surface area contributed by atoms with Crippen molar-refractivity contribution in [1.82, 2.24) is 19.7 Å². The van der Waals surface area contributed by atoms with Gasteiger partial charge in [0.05, 0.1) is 36.0 Å². The Kier molecular flexibility index (Phi) is 4.34. The van der Waals surface area contributed by atoms with Gasteiger partial charge in [-0.2, -0.15) is 5.10 Å². The summed E-state index contributed by atoms with van der Waals surface area (Å²) in [6.07, 6.45) is 0.0765. The summed E-state index contributed by atoms with van der Waals surface area (Å²) in [4.78, 5) is 18.1. The van der Waals surface area contributed by atoms with Crippen molar-refractivity contribution in [3.05, 3.63) is 48.0 Å². The first-order chi connectivity index (χ1) is 13.2. The van der Waals surface area contributed by atoms with Crippen molar-refractivity contribution < 1.29 is 23.1 Å². The standard InChI is InChI=1S/C19H17F3N4O2/c1-19(28)9-25(10-19)17(27)8-26-16-5-12(6-23-15(16)7-24-26)11-2-3-14(20)13(4-11)18(21)22/h2-7,18,28H,8-10H2,1H3. The molecule has 1 aliphatic heterocycles. The average molecular weight is 390 g/mol. The van der Waals surface area contributed by atoms with Crippen molar-refractivity contribution in [2.75, 3.05) is 13.1 Å². The van der Waals surface area contributed by atoms with Crippen LogP contribution in [0.3, 0.4) is 0 Å². The summed E-state index contributed by atoms with van der Waals surface area (Å²) >= 11 is 0. The summed E-state index contributed by atoms with van der Waals surface area (Å²) in [6.45, 7) is 2.16. The lowest BCUT2D eigenvalue weighted by molar-refractivity contribution is -0.153. The number of fused-ring (bicyclic) bond motifs is 1. The van der Waals surface area contributed by atoms with Crippen molar-refractivity contribution in [2.24, 2.45) is 0 Å². The SMILES string of the molecule is CC1(O)CN(C(=O)Cn2ncc3ncc(-c4ccc(F)c(C(F)F)c4)cc32)C1. The minimum atomic E-state index is -2.92. The van der Waals surface area contributed by atoms with E-state index in [-0.39, 0.29) is 25.5 Å². The Bertz CT molecular complexity index is 1060. The zero-order valence-corrected chi connectivity index (χ0v) is 14.9. The first-order valence-electron chi connectivity index (χ1n) is 8.63. The number of β-amino-alcohol motifs (C(OH)–C–C–N with tert-alkyl or cyclic N) is 1. The van der Waals surface area contributed by atoms with Crippen LogP contribution in [0.15, 0.2) is 36.7 Å². The summed E-state index contributed by atoms with van der Waals surface area (Å²) in [6, 6.07) is 5.17. The van der Waals surface area contributed by atoms with Gasteiger partial charge in [0.2, 0.25) is 5.91 Å². The second-order valence-electron chi connectivity index (χ2n) is 7.21. The molecule has 1 aliphatic rings. The number of likely N-dealkylation sites (tertiary alicyclic amines) is 1. The Balaban J connectivity index is 1.63. The highest BCUT2D eigenvalue weighted by atomic mass is 19.3. The van der Waals surface area contributed by atoms with Crippen LogP contribution in [-0.2, 0) is 11.3 Å². The summed E-state index contributed by atoms with van der Waals surface area (Å²) in [5, 5.41) is 13.9. The molecule has 0 unspecified atom stereocenters. The first-order valence-corrected chi connectivity index (χ1v) is 8.63. The number of aromatic nitrogens is 3. The van der Waals surface area contributed by atoms with E-state index in [0.717, 1.165) is 12.1 Å². The smallest absolute Gasteiger partial charge is 0.266 e. The lowest BCUT2D eigenvalue weighted by Crippen LogP contribution is -2.62. The average Bonchev–Trinajstić information content (AvgIpc) is 3.02. The van der Waals surface area contributed by atoms with Gasteiger partial charge in [-0.25, -0.2) is 13.2 Å². The molecule has 4 rings (SSSR count). The van der Waals surface area contributed by atoms with Crippen LogP contribution in [0.1, 0.15) is 18.9 Å². The molecule has 1 fully saturated rings. The van der Waals surface area contributed by atoms with Gasteiger partial charge < -0.3 is 10.0 Å². The normalized spacial score (nSPS) is 15.9. The third-order valence-electron chi connectivity index (χ3n) is 4.76. The first kappa shape index (κ1) is 18.4. The van der Waals surface area contributed by atoms with Crippen LogP contribution >= 0.6 is 0 Å². The van der Waals surface area contributed by atoms with Crippen LogP contribution in [-0.4, -0.2) is 49.4 Å². The molecule has 1 amide bonds. The highest BCUT2D eigenvalue weighted by Crippen LogP contribution is 2.29. The molecule has 0 bridgehead atoms. The Morgan fingerprint density at radius 1 is 1.25 bits per heavy atom. The number of carbonyl (C=O) groups is 1. The molecular weight excluding hydrogens is 373 g/mol. The van der Waals surface area contributed by atoms with E-state index in [1.165, 1.54) is 28.0 Å². The molecule has 1 saturated heterocycles. The quantitative estimate of drug-likeness (QED) is 0.744. The number of alkyl halides is 2. The van der Waals surface area contributed by atoms with Crippen molar-refractivity contribution in [3.8, 4) is 11.1 Å². The number of amides is 1. The van der Waals surface area contributed by atoms with Crippen molar-refractivity contribution >= 4 is 16.9 Å². The molecule has 2 aromatic heterocycles. The van der Waals surface area contributed by atoms with Gasteiger partial charge in [0.15, 0.2) is 0 Å². The highest BCUT2D eigenvalue weighted by Gasteiger charge is 2.39. The van der Waals surface area contributed by atoms with E-state index in [1.54, 1.807) is 13.0 Å². The number of benzene rings is 1. The number of pyridine rings is 1. The number of hydrogen-bond donors (Lipinski definition) is 1. The maximum absolute atomic E-state index is 13.5. The number of nitrogens with zero attached hydrogens (tertiary/aromatic N) is 4. The zero-order valence-electron chi connectivity index (χ0n) is 14.9. The number of hydrogen-bond acceptors (Lipinski definition) is 4. The summed E-state index contributed by atoms with van der Waals surface area (Å²) in [7, 11) is 0. The van der Waals surface area contributed by atoms with Crippen LogP contribution in [0.5, 0.6) is 0 Å². The highest BCUT2D eigenvalue weighted by molar-refractivity contribution is 5.83. The second kappa shape index (κ2) is 6.59. The Labute approximate surface area is 158 Å². The van der Waals surface area contributed by atoms with E-state index >= 15 is 0 Å². The fourth-order valence-electron chi connectivity index (χ4n) is 3.31. The van der Waals surface area contributed by atoms with Gasteiger partial charge in [0.1, 0.15) is 17.9 Å². The van der Waals surface area contributed by atoms with Gasteiger partial charge in [0.25, 0.3) is 6.43 Å². The summed E-state index contributed by atoms with van der Waals surface area (Å²) < 4.78 is 41.0. The molecule has 28 heavy (non-hydrogen) atoms. The monoisotopic (exact) mass is 390 g/mol. The summed E-state index contributed by atoms with van der Waals surface area (Å²) in [5.41, 5.74) is 0.469. The number of aliphatic hydroxyl groups is 1. The fourth-order valence-corrected chi connectivity index (χ4v) is 3.31. The molecule has 0 spiro atoms. The van der Waals surface area contributed by atoms with Gasteiger partial charge in [-0.3, -0.25) is 14.5 Å². The summed E-state index contributed by atoms with van der Waals surface area (Å²) in [5.74, 6) is -1.16. The lowest BCUT2D eigenvalue weighted by atomic mass is 9.97. The predicted molar refractivity (Wildman–Crippen MR) is 95.1 cm³/mol. The Morgan fingerprint density at radius 2 is 2.00 bits per heavy atom. The third kappa shape index (κ3) is 3.33. The van der Waals surface area contributed by atoms with Crippen LogP contribution in [0.4, 0.5) is 13.2 Å². The molecule has 0 saturated carbocycles.